The van der Waals surface area contributed by atoms with Crippen molar-refractivity contribution in [2.24, 2.45) is 5.92 Å². The molecule has 1 aromatic heterocycles. The smallest absolute Gasteiger partial charge is 0.0300 e. The van der Waals surface area contributed by atoms with Gasteiger partial charge in [-0.15, -0.1) is 11.3 Å². The van der Waals surface area contributed by atoms with Crippen LogP contribution in [0.4, 0.5) is 0 Å². The molecular weight excluding hydrogens is 252 g/mol. The Bertz CT molecular complexity index is 323. The molecule has 2 heterocycles. The lowest BCUT2D eigenvalue weighted by Crippen LogP contribution is -2.32. The van der Waals surface area contributed by atoms with Gasteiger partial charge in [0.2, 0.25) is 0 Å². The van der Waals surface area contributed by atoms with Crippen LogP contribution in [0.3, 0.4) is 0 Å². The summed E-state index contributed by atoms with van der Waals surface area (Å²) in [5.74, 6) is 0.995. The Morgan fingerprint density at radius 1 is 1.37 bits per heavy atom. The van der Waals surface area contributed by atoms with E-state index in [1.54, 1.807) is 0 Å². The fourth-order valence-corrected chi connectivity index (χ4v) is 3.68. The van der Waals surface area contributed by atoms with E-state index in [9.17, 15) is 0 Å². The molecule has 2 nitrogen and oxygen atoms in total. The average Bonchev–Trinajstić information content (AvgIpc) is 2.83. The Kier molecular flexibility index (Phi) is 6.90. The molecule has 0 aliphatic carbocycles. The van der Waals surface area contributed by atoms with Gasteiger partial charge in [0.1, 0.15) is 0 Å². The van der Waals surface area contributed by atoms with Gasteiger partial charge in [-0.25, -0.2) is 0 Å². The topological polar surface area (TPSA) is 15.3 Å². The molecule has 2 rings (SSSR count). The molecule has 0 saturated carbocycles. The van der Waals surface area contributed by atoms with Crippen LogP contribution in [-0.2, 0) is 6.54 Å². The normalized spacial score (nSPS) is 21.4. The molecule has 1 saturated heterocycles. The summed E-state index contributed by atoms with van der Waals surface area (Å²) in [5, 5.41) is 5.71. The number of likely N-dealkylation sites (tertiary alicyclic amines) is 1. The SMILES string of the molecule is CCCC1CCCN(CCNCc2cccs2)CC1. The van der Waals surface area contributed by atoms with E-state index in [-0.39, 0.29) is 0 Å². The molecule has 0 amide bonds. The number of nitrogens with zero attached hydrogens (tertiary/aromatic N) is 1. The predicted molar refractivity (Wildman–Crippen MR) is 84.7 cm³/mol. The molecule has 1 aliphatic rings. The Balaban J connectivity index is 1.58. The van der Waals surface area contributed by atoms with Crippen LogP contribution in [0.1, 0.15) is 43.9 Å². The number of hydrogen-bond acceptors (Lipinski definition) is 3. The van der Waals surface area contributed by atoms with Crippen molar-refractivity contribution in [2.75, 3.05) is 26.2 Å². The summed E-state index contributed by atoms with van der Waals surface area (Å²) in [5.41, 5.74) is 0. The maximum atomic E-state index is 3.56. The minimum Gasteiger partial charge on any atom is -0.311 e. The molecular formula is C16H28N2S. The Morgan fingerprint density at radius 3 is 3.11 bits per heavy atom. The lowest BCUT2D eigenvalue weighted by Gasteiger charge is -2.20. The summed E-state index contributed by atoms with van der Waals surface area (Å²) in [6.45, 7) is 8.30. The van der Waals surface area contributed by atoms with E-state index >= 15 is 0 Å². The van der Waals surface area contributed by atoms with Crippen LogP contribution in [0, 0.1) is 5.92 Å². The van der Waals surface area contributed by atoms with Crippen molar-refractivity contribution in [3.8, 4) is 0 Å². The molecule has 1 aliphatic heterocycles. The maximum absolute atomic E-state index is 3.56. The number of hydrogen-bond donors (Lipinski definition) is 1. The summed E-state index contributed by atoms with van der Waals surface area (Å²) < 4.78 is 0. The zero-order chi connectivity index (χ0) is 13.3. The van der Waals surface area contributed by atoms with Gasteiger partial charge in [-0.2, -0.15) is 0 Å². The van der Waals surface area contributed by atoms with E-state index in [0.29, 0.717) is 0 Å². The van der Waals surface area contributed by atoms with Gasteiger partial charge in [-0.1, -0.05) is 25.8 Å². The average molecular weight is 280 g/mol. The minimum absolute atomic E-state index is 0.995. The molecule has 108 valence electrons. The first-order valence-corrected chi connectivity index (χ1v) is 8.72. The van der Waals surface area contributed by atoms with E-state index in [4.69, 9.17) is 0 Å². The quantitative estimate of drug-likeness (QED) is 0.765. The number of rotatable bonds is 7. The van der Waals surface area contributed by atoms with Crippen molar-refractivity contribution in [2.45, 2.75) is 45.6 Å². The van der Waals surface area contributed by atoms with E-state index < -0.39 is 0 Å². The monoisotopic (exact) mass is 280 g/mol. The first kappa shape index (κ1) is 15.0. The van der Waals surface area contributed by atoms with E-state index in [2.05, 4.69) is 34.7 Å². The van der Waals surface area contributed by atoms with Gasteiger partial charge >= 0.3 is 0 Å². The molecule has 0 bridgehead atoms. The van der Waals surface area contributed by atoms with Crippen LogP contribution in [0.5, 0.6) is 0 Å². The first-order valence-electron chi connectivity index (χ1n) is 7.84. The molecule has 1 aromatic rings. The fourth-order valence-electron chi connectivity index (χ4n) is 3.01. The molecule has 0 spiro atoms. The highest BCUT2D eigenvalue weighted by Gasteiger charge is 2.15. The molecule has 3 heteroatoms. The van der Waals surface area contributed by atoms with E-state index in [1.165, 1.54) is 56.6 Å². The Morgan fingerprint density at radius 2 is 2.32 bits per heavy atom. The summed E-state index contributed by atoms with van der Waals surface area (Å²) in [7, 11) is 0. The third-order valence-electron chi connectivity index (χ3n) is 4.12. The fraction of sp³-hybridized carbons (Fsp3) is 0.750. The molecule has 1 atom stereocenters. The molecule has 1 N–H and O–H groups in total. The van der Waals surface area contributed by atoms with Crippen LogP contribution in [0.15, 0.2) is 17.5 Å². The van der Waals surface area contributed by atoms with Crippen molar-refractivity contribution in [1.82, 2.24) is 10.2 Å². The van der Waals surface area contributed by atoms with E-state index in [0.717, 1.165) is 19.0 Å². The van der Waals surface area contributed by atoms with Crippen LogP contribution < -0.4 is 5.32 Å². The molecule has 19 heavy (non-hydrogen) atoms. The number of thiophene rings is 1. The molecule has 1 unspecified atom stereocenters. The predicted octanol–water partition coefficient (Wildman–Crippen LogP) is 3.74. The van der Waals surface area contributed by atoms with Gasteiger partial charge in [0.25, 0.3) is 0 Å². The Labute approximate surface area is 122 Å². The Hall–Kier alpha value is -0.380. The molecule has 0 aromatic carbocycles. The number of nitrogens with one attached hydrogen (secondary N) is 1. The van der Waals surface area contributed by atoms with Gasteiger partial charge < -0.3 is 10.2 Å². The van der Waals surface area contributed by atoms with Crippen molar-refractivity contribution < 1.29 is 0 Å². The van der Waals surface area contributed by atoms with Crippen LogP contribution >= 0.6 is 11.3 Å². The summed E-state index contributed by atoms with van der Waals surface area (Å²) >= 11 is 1.84. The summed E-state index contributed by atoms with van der Waals surface area (Å²) in [6, 6.07) is 4.34. The van der Waals surface area contributed by atoms with Crippen molar-refractivity contribution in [1.29, 1.82) is 0 Å². The zero-order valence-corrected chi connectivity index (χ0v) is 13.1. The second-order valence-corrected chi connectivity index (χ2v) is 6.72. The van der Waals surface area contributed by atoms with Crippen LogP contribution in [0.25, 0.3) is 0 Å². The third-order valence-corrected chi connectivity index (χ3v) is 5.00. The van der Waals surface area contributed by atoms with Crippen LogP contribution in [0.2, 0.25) is 0 Å². The van der Waals surface area contributed by atoms with Gasteiger partial charge in [0.15, 0.2) is 0 Å². The highest BCUT2D eigenvalue weighted by molar-refractivity contribution is 7.09. The van der Waals surface area contributed by atoms with Crippen molar-refractivity contribution >= 4 is 11.3 Å². The second kappa shape index (κ2) is 8.72. The largest absolute Gasteiger partial charge is 0.311 e. The maximum Gasteiger partial charge on any atom is 0.0300 e. The van der Waals surface area contributed by atoms with Crippen molar-refractivity contribution in [3.63, 3.8) is 0 Å². The lowest BCUT2D eigenvalue weighted by molar-refractivity contribution is 0.278. The first-order chi connectivity index (χ1) is 9.38. The summed E-state index contributed by atoms with van der Waals surface area (Å²) in [4.78, 5) is 4.09. The highest BCUT2D eigenvalue weighted by Crippen LogP contribution is 2.21. The standard InChI is InChI=1S/C16H28N2S/c1-2-5-15-6-3-10-18(11-8-15)12-9-17-14-16-7-4-13-19-16/h4,7,13,15,17H,2-3,5-6,8-12,14H2,1H3. The molecule has 0 radical (unpaired) electrons. The van der Waals surface area contributed by atoms with Gasteiger partial charge in [-0.3, -0.25) is 0 Å². The van der Waals surface area contributed by atoms with Gasteiger partial charge in [-0.05, 0) is 49.7 Å². The molecule has 1 fully saturated rings. The van der Waals surface area contributed by atoms with E-state index in [1.807, 2.05) is 11.3 Å². The zero-order valence-electron chi connectivity index (χ0n) is 12.2. The summed E-state index contributed by atoms with van der Waals surface area (Å²) in [6.07, 6.45) is 7.05. The van der Waals surface area contributed by atoms with Crippen molar-refractivity contribution in [3.05, 3.63) is 22.4 Å². The highest BCUT2D eigenvalue weighted by atomic mass is 32.1. The third kappa shape index (κ3) is 5.64. The second-order valence-electron chi connectivity index (χ2n) is 5.68. The van der Waals surface area contributed by atoms with Gasteiger partial charge in [0, 0.05) is 24.5 Å². The lowest BCUT2D eigenvalue weighted by atomic mass is 9.96. The van der Waals surface area contributed by atoms with Gasteiger partial charge in [0.05, 0.1) is 0 Å². The minimum atomic E-state index is 0.995. The van der Waals surface area contributed by atoms with Crippen LogP contribution in [-0.4, -0.2) is 31.1 Å².